The number of aliphatic hydroxyl groups excluding tert-OH is 3. The van der Waals surface area contributed by atoms with Gasteiger partial charge in [0.2, 0.25) is 0 Å². The zero-order chi connectivity index (χ0) is 50.5. The maximum Gasteiger partial charge on any atom is 0.338 e. The Bertz CT molecular complexity index is 2440. The van der Waals surface area contributed by atoms with Crippen molar-refractivity contribution in [2.24, 2.45) is 0 Å². The van der Waals surface area contributed by atoms with Gasteiger partial charge in [-0.3, -0.25) is 0 Å². The Morgan fingerprint density at radius 2 is 0.917 bits per heavy atom. The first-order chi connectivity index (χ1) is 35.2. The Balaban J connectivity index is 1.06. The number of carbonyl (C=O) groups is 4. The number of esters is 4. The summed E-state index contributed by atoms with van der Waals surface area (Å²) in [6, 6.07) is 41.9. The fraction of sp³-hybridized carbons (Fsp3) is 0.357. The highest BCUT2D eigenvalue weighted by molar-refractivity contribution is 5.91. The highest BCUT2D eigenvalue weighted by Crippen LogP contribution is 2.33. The number of aliphatic hydroxyl groups is 3. The standard InChI is InChI=1S/C56H60O16/c57-45-43(68-55(47(59)46(45)58)65-34-22-5-3-1-2-4-21-33-64-35-38-23-11-6-12-24-38)36-67-56-50(72-54(63)42-31-19-10-20-32-42)49(71-53(62)41-29-17-9-18-30-41)48(70-52(61)40-27-15-8-16-28-40)44(69-56)37-66-51(60)39-25-13-7-14-26-39/h1,3,6-20,23-32,43-50,55-59H,2,4-5,21-22,33-37H2/b3-1+/t43-,44-,45-,46+,47+,48-,49+,50+,55+,56+/m1/s1. The van der Waals surface area contributed by atoms with Gasteiger partial charge in [0.1, 0.15) is 37.1 Å². The lowest BCUT2D eigenvalue weighted by molar-refractivity contribution is -0.329. The van der Waals surface area contributed by atoms with E-state index in [0.717, 1.165) is 24.8 Å². The first-order valence-corrected chi connectivity index (χ1v) is 24.0. The minimum absolute atomic E-state index is 0.0966. The zero-order valence-corrected chi connectivity index (χ0v) is 39.6. The SMILES string of the molecule is O=C(OC[C@H]1O[C@H](OC[C@H]2O[C@H](OCCC/C=C/CCCCOCc3ccccc3)[C@@H](O)[C@@H](O)[C@@H]2O)[C@@H](OC(=O)c2ccccc2)[C@@H](OC(=O)c2ccccc2)[C@@H]1OC(=O)c1ccccc1)c1ccccc1. The molecule has 0 bridgehead atoms. The summed E-state index contributed by atoms with van der Waals surface area (Å²) in [5.74, 6) is -3.44. The summed E-state index contributed by atoms with van der Waals surface area (Å²) in [5.41, 5.74) is 1.65. The van der Waals surface area contributed by atoms with Crippen LogP contribution in [0.5, 0.6) is 0 Å². The number of rotatable bonds is 24. The van der Waals surface area contributed by atoms with Gasteiger partial charge in [-0.25, -0.2) is 19.2 Å². The van der Waals surface area contributed by atoms with Crippen LogP contribution < -0.4 is 0 Å². The van der Waals surface area contributed by atoms with Gasteiger partial charge in [0.05, 0.1) is 42.1 Å². The van der Waals surface area contributed by atoms with Crippen molar-refractivity contribution in [1.29, 1.82) is 0 Å². The monoisotopic (exact) mass is 988 g/mol. The third-order valence-corrected chi connectivity index (χ3v) is 11.8. The number of benzene rings is 5. The predicted molar refractivity (Wildman–Crippen MR) is 259 cm³/mol. The van der Waals surface area contributed by atoms with E-state index in [1.165, 1.54) is 48.5 Å². The van der Waals surface area contributed by atoms with Crippen LogP contribution in [0, 0.1) is 0 Å². The van der Waals surface area contributed by atoms with E-state index >= 15 is 0 Å². The average molecular weight is 989 g/mol. The quantitative estimate of drug-likeness (QED) is 0.0251. The molecule has 0 spiro atoms. The highest BCUT2D eigenvalue weighted by Gasteiger charge is 2.54. The molecule has 0 amide bonds. The normalized spacial score (nSPS) is 24.0. The van der Waals surface area contributed by atoms with E-state index in [1.807, 2.05) is 36.4 Å². The van der Waals surface area contributed by atoms with Crippen LogP contribution in [0.1, 0.15) is 79.1 Å². The summed E-state index contributed by atoms with van der Waals surface area (Å²) in [7, 11) is 0. The van der Waals surface area contributed by atoms with Gasteiger partial charge in [-0.15, -0.1) is 0 Å². The summed E-state index contributed by atoms with van der Waals surface area (Å²) in [6.07, 6.45) is -7.89. The molecular weight excluding hydrogens is 929 g/mol. The summed E-state index contributed by atoms with van der Waals surface area (Å²) in [4.78, 5) is 55.1. The molecule has 0 saturated carbocycles. The van der Waals surface area contributed by atoms with Crippen LogP contribution in [0.2, 0.25) is 0 Å². The van der Waals surface area contributed by atoms with Crippen LogP contribution in [0.25, 0.3) is 0 Å². The molecule has 16 nitrogen and oxygen atoms in total. The van der Waals surface area contributed by atoms with E-state index in [1.54, 1.807) is 72.8 Å². The lowest BCUT2D eigenvalue weighted by Gasteiger charge is -2.45. The second-order valence-electron chi connectivity index (χ2n) is 17.1. The molecule has 2 aliphatic heterocycles. The Hall–Kier alpha value is -6.60. The molecule has 72 heavy (non-hydrogen) atoms. The van der Waals surface area contributed by atoms with Crippen LogP contribution in [0.15, 0.2) is 164 Å². The van der Waals surface area contributed by atoms with Gasteiger partial charge in [-0.05, 0) is 86.2 Å². The van der Waals surface area contributed by atoms with Crippen molar-refractivity contribution in [3.05, 3.63) is 192 Å². The first kappa shape index (κ1) is 53.2. The van der Waals surface area contributed by atoms with Crippen molar-refractivity contribution in [2.75, 3.05) is 26.4 Å². The Labute approximate surface area is 417 Å². The lowest BCUT2D eigenvalue weighted by Crippen LogP contribution is -2.64. The van der Waals surface area contributed by atoms with Crippen molar-refractivity contribution in [3.63, 3.8) is 0 Å². The van der Waals surface area contributed by atoms with Gasteiger partial charge in [-0.1, -0.05) is 115 Å². The highest BCUT2D eigenvalue weighted by atomic mass is 16.8. The van der Waals surface area contributed by atoms with Gasteiger partial charge in [-0.2, -0.15) is 0 Å². The molecule has 7 rings (SSSR count). The van der Waals surface area contributed by atoms with E-state index in [2.05, 4.69) is 6.08 Å². The van der Waals surface area contributed by atoms with Gasteiger partial charge in [0.25, 0.3) is 0 Å². The molecule has 2 saturated heterocycles. The smallest absolute Gasteiger partial charge is 0.338 e. The minimum atomic E-state index is -1.74. The number of unbranched alkanes of at least 4 members (excludes halogenated alkanes) is 3. The van der Waals surface area contributed by atoms with E-state index in [0.29, 0.717) is 26.1 Å². The van der Waals surface area contributed by atoms with Crippen molar-refractivity contribution in [2.45, 2.75) is 100 Å². The van der Waals surface area contributed by atoms with E-state index < -0.39 is 98.5 Å². The Morgan fingerprint density at radius 3 is 1.47 bits per heavy atom. The van der Waals surface area contributed by atoms with E-state index in [4.69, 9.17) is 42.6 Å². The molecule has 2 aliphatic rings. The molecule has 5 aromatic rings. The number of hydrogen-bond donors (Lipinski definition) is 3. The molecule has 3 N–H and O–H groups in total. The summed E-state index contributed by atoms with van der Waals surface area (Å²) >= 11 is 0. The molecule has 0 radical (unpaired) electrons. The maximum atomic E-state index is 14.0. The summed E-state index contributed by atoms with van der Waals surface area (Å²) in [6.45, 7) is 0.219. The third-order valence-electron chi connectivity index (χ3n) is 11.8. The van der Waals surface area contributed by atoms with Crippen LogP contribution in [0.4, 0.5) is 0 Å². The van der Waals surface area contributed by atoms with Crippen LogP contribution in [-0.2, 0) is 49.2 Å². The topological polar surface area (TPSA) is 212 Å². The fourth-order valence-corrected chi connectivity index (χ4v) is 7.91. The second-order valence-corrected chi connectivity index (χ2v) is 17.1. The zero-order valence-electron chi connectivity index (χ0n) is 39.6. The van der Waals surface area contributed by atoms with E-state index in [-0.39, 0.29) is 28.9 Å². The number of carbonyl (C=O) groups excluding carboxylic acids is 4. The molecule has 0 aliphatic carbocycles. The van der Waals surface area contributed by atoms with E-state index in [9.17, 15) is 34.5 Å². The number of ether oxygens (including phenoxy) is 9. The molecule has 380 valence electrons. The number of allylic oxidation sites excluding steroid dienone is 2. The molecule has 16 heteroatoms. The van der Waals surface area contributed by atoms with Crippen LogP contribution >= 0.6 is 0 Å². The largest absolute Gasteiger partial charge is 0.459 e. The Kier molecular flexibility index (Phi) is 20.6. The third kappa shape index (κ3) is 15.5. The maximum absolute atomic E-state index is 14.0. The average Bonchev–Trinajstić information content (AvgIpc) is 3.42. The van der Waals surface area contributed by atoms with Crippen molar-refractivity contribution in [3.8, 4) is 0 Å². The minimum Gasteiger partial charge on any atom is -0.459 e. The summed E-state index contributed by atoms with van der Waals surface area (Å²) < 4.78 is 54.2. The summed E-state index contributed by atoms with van der Waals surface area (Å²) in [5, 5.41) is 33.1. The molecule has 10 atom stereocenters. The van der Waals surface area contributed by atoms with Gasteiger partial charge >= 0.3 is 23.9 Å². The molecular formula is C56H60O16. The fourth-order valence-electron chi connectivity index (χ4n) is 7.91. The molecule has 0 aromatic heterocycles. The molecule has 2 fully saturated rings. The Morgan fingerprint density at radius 1 is 0.444 bits per heavy atom. The van der Waals surface area contributed by atoms with Crippen molar-refractivity contribution in [1.82, 2.24) is 0 Å². The molecule has 5 aromatic carbocycles. The predicted octanol–water partition coefficient (Wildman–Crippen LogP) is 6.81. The second kappa shape index (κ2) is 27.9. The number of hydrogen-bond acceptors (Lipinski definition) is 16. The van der Waals surface area contributed by atoms with Crippen LogP contribution in [0.3, 0.4) is 0 Å². The van der Waals surface area contributed by atoms with Gasteiger partial charge in [0.15, 0.2) is 30.9 Å². The van der Waals surface area contributed by atoms with Crippen molar-refractivity contribution >= 4 is 23.9 Å². The van der Waals surface area contributed by atoms with Gasteiger partial charge in [0, 0.05) is 6.61 Å². The lowest BCUT2D eigenvalue weighted by atomic mass is 9.97. The first-order valence-electron chi connectivity index (χ1n) is 24.0. The van der Waals surface area contributed by atoms with Crippen molar-refractivity contribution < 1.29 is 77.1 Å². The van der Waals surface area contributed by atoms with Crippen LogP contribution in [-0.4, -0.2) is 127 Å². The molecule has 2 heterocycles. The molecule has 0 unspecified atom stereocenters. The van der Waals surface area contributed by atoms with Gasteiger partial charge < -0.3 is 58.0 Å².